The van der Waals surface area contributed by atoms with Crippen LogP contribution >= 0.6 is 0 Å². The van der Waals surface area contributed by atoms with E-state index in [2.05, 4.69) is 17.3 Å². The lowest BCUT2D eigenvalue weighted by atomic mass is 9.99. The highest BCUT2D eigenvalue weighted by molar-refractivity contribution is 5.78. The molecule has 100 valence electrons. The number of nitrogens with zero attached hydrogens (tertiary/aromatic N) is 1. The van der Waals surface area contributed by atoms with Crippen molar-refractivity contribution in [3.8, 4) is 0 Å². The molecule has 1 aliphatic rings. The van der Waals surface area contributed by atoms with Crippen molar-refractivity contribution in [2.24, 2.45) is 0 Å². The maximum atomic E-state index is 11.2. The van der Waals surface area contributed by atoms with Gasteiger partial charge in [-0.2, -0.15) is 0 Å². The summed E-state index contributed by atoms with van der Waals surface area (Å²) in [5.41, 5.74) is -0.846. The van der Waals surface area contributed by atoms with E-state index in [0.29, 0.717) is 12.6 Å². The van der Waals surface area contributed by atoms with Gasteiger partial charge >= 0.3 is 5.97 Å². The predicted octanol–water partition coefficient (Wildman–Crippen LogP) is 1.70. The highest BCUT2D eigenvalue weighted by Gasteiger charge is 2.34. The summed E-state index contributed by atoms with van der Waals surface area (Å²) >= 11 is 0. The molecule has 17 heavy (non-hydrogen) atoms. The molecule has 0 aromatic heterocycles. The molecule has 1 saturated carbocycles. The molecule has 0 spiro atoms. The SMILES string of the molecule is CNC(C)(CN(C)C1CCCCCC1)C(=O)O. The predicted molar refractivity (Wildman–Crippen MR) is 69.2 cm³/mol. The van der Waals surface area contributed by atoms with Gasteiger partial charge in [0.2, 0.25) is 0 Å². The summed E-state index contributed by atoms with van der Waals surface area (Å²) in [5, 5.41) is 12.2. The largest absolute Gasteiger partial charge is 0.480 e. The van der Waals surface area contributed by atoms with Gasteiger partial charge in [0, 0.05) is 12.6 Å². The van der Waals surface area contributed by atoms with Crippen molar-refractivity contribution < 1.29 is 9.90 Å². The molecule has 0 aliphatic heterocycles. The van der Waals surface area contributed by atoms with E-state index < -0.39 is 11.5 Å². The summed E-state index contributed by atoms with van der Waals surface area (Å²) < 4.78 is 0. The molecule has 1 unspecified atom stereocenters. The summed E-state index contributed by atoms with van der Waals surface area (Å²) in [6, 6.07) is 0.546. The molecule has 0 saturated heterocycles. The standard InChI is InChI=1S/C13H26N2O2/c1-13(14-2,12(16)17)10-15(3)11-8-6-4-5-7-9-11/h11,14H,4-10H2,1-3H3,(H,16,17). The Morgan fingerprint density at radius 3 is 2.29 bits per heavy atom. The lowest BCUT2D eigenvalue weighted by molar-refractivity contribution is -0.144. The molecule has 0 aromatic carbocycles. The Morgan fingerprint density at radius 2 is 1.88 bits per heavy atom. The van der Waals surface area contributed by atoms with Crippen LogP contribution in [0, 0.1) is 0 Å². The third-order valence-electron chi connectivity index (χ3n) is 4.04. The molecule has 0 radical (unpaired) electrons. The van der Waals surface area contributed by atoms with Gasteiger partial charge in [-0.1, -0.05) is 25.7 Å². The highest BCUT2D eigenvalue weighted by Crippen LogP contribution is 2.22. The van der Waals surface area contributed by atoms with E-state index in [0.717, 1.165) is 0 Å². The third-order valence-corrected chi connectivity index (χ3v) is 4.04. The second kappa shape index (κ2) is 6.36. The summed E-state index contributed by atoms with van der Waals surface area (Å²) in [4.78, 5) is 13.5. The quantitative estimate of drug-likeness (QED) is 0.721. The Kier molecular flexibility index (Phi) is 5.40. The zero-order chi connectivity index (χ0) is 12.9. The number of hydrogen-bond acceptors (Lipinski definition) is 3. The van der Waals surface area contributed by atoms with Crippen LogP contribution in [0.4, 0.5) is 0 Å². The van der Waals surface area contributed by atoms with Gasteiger partial charge in [0.25, 0.3) is 0 Å². The number of likely N-dealkylation sites (N-methyl/N-ethyl adjacent to an activating group) is 2. The van der Waals surface area contributed by atoms with E-state index in [1.54, 1.807) is 14.0 Å². The van der Waals surface area contributed by atoms with Gasteiger partial charge in [0.1, 0.15) is 5.54 Å². The lowest BCUT2D eigenvalue weighted by Crippen LogP contribution is -2.56. The smallest absolute Gasteiger partial charge is 0.324 e. The van der Waals surface area contributed by atoms with Crippen LogP contribution in [0.15, 0.2) is 0 Å². The second-order valence-corrected chi connectivity index (χ2v) is 5.45. The molecule has 2 N–H and O–H groups in total. The van der Waals surface area contributed by atoms with Gasteiger partial charge in [-0.15, -0.1) is 0 Å². The van der Waals surface area contributed by atoms with E-state index in [-0.39, 0.29) is 0 Å². The number of carbonyl (C=O) groups is 1. The van der Waals surface area contributed by atoms with Crippen LogP contribution in [-0.4, -0.2) is 48.2 Å². The van der Waals surface area contributed by atoms with Crippen molar-refractivity contribution in [2.45, 2.75) is 57.0 Å². The molecular formula is C13H26N2O2. The fraction of sp³-hybridized carbons (Fsp3) is 0.923. The fourth-order valence-corrected chi connectivity index (χ4v) is 2.58. The molecule has 1 rings (SSSR count). The van der Waals surface area contributed by atoms with E-state index in [1.807, 2.05) is 0 Å². The van der Waals surface area contributed by atoms with Gasteiger partial charge in [-0.25, -0.2) is 0 Å². The zero-order valence-corrected chi connectivity index (χ0v) is 11.3. The molecule has 1 atom stereocenters. The van der Waals surface area contributed by atoms with Crippen molar-refractivity contribution in [1.82, 2.24) is 10.2 Å². The first-order chi connectivity index (χ1) is 7.99. The average Bonchev–Trinajstić information content (AvgIpc) is 2.57. The van der Waals surface area contributed by atoms with Crippen molar-refractivity contribution in [3.63, 3.8) is 0 Å². The Balaban J connectivity index is 2.56. The van der Waals surface area contributed by atoms with E-state index in [9.17, 15) is 9.90 Å². The molecule has 1 aliphatic carbocycles. The first-order valence-corrected chi connectivity index (χ1v) is 6.62. The van der Waals surface area contributed by atoms with E-state index >= 15 is 0 Å². The Labute approximate surface area is 104 Å². The number of carboxylic acid groups (broad SMARTS) is 1. The topological polar surface area (TPSA) is 52.6 Å². The molecule has 0 amide bonds. The average molecular weight is 242 g/mol. The minimum atomic E-state index is -0.846. The van der Waals surface area contributed by atoms with Crippen molar-refractivity contribution in [2.75, 3.05) is 20.6 Å². The van der Waals surface area contributed by atoms with Gasteiger partial charge < -0.3 is 15.3 Å². The van der Waals surface area contributed by atoms with E-state index in [4.69, 9.17) is 0 Å². The first-order valence-electron chi connectivity index (χ1n) is 6.62. The van der Waals surface area contributed by atoms with Crippen LogP contribution in [0.1, 0.15) is 45.4 Å². The lowest BCUT2D eigenvalue weighted by Gasteiger charge is -2.34. The summed E-state index contributed by atoms with van der Waals surface area (Å²) in [6.45, 7) is 2.31. The summed E-state index contributed by atoms with van der Waals surface area (Å²) in [6.07, 6.45) is 7.61. The van der Waals surface area contributed by atoms with Gasteiger partial charge in [-0.05, 0) is 33.9 Å². The molecule has 0 bridgehead atoms. The third kappa shape index (κ3) is 3.96. The number of carboxylic acids is 1. The van der Waals surface area contributed by atoms with Gasteiger partial charge in [-0.3, -0.25) is 4.79 Å². The Morgan fingerprint density at radius 1 is 1.35 bits per heavy atom. The molecule has 0 heterocycles. The molecule has 4 heteroatoms. The van der Waals surface area contributed by atoms with E-state index in [1.165, 1.54) is 38.5 Å². The normalized spacial score (nSPS) is 22.1. The summed E-state index contributed by atoms with van der Waals surface area (Å²) in [7, 11) is 3.77. The van der Waals surface area contributed by atoms with Gasteiger partial charge in [0.05, 0.1) is 0 Å². The second-order valence-electron chi connectivity index (χ2n) is 5.45. The molecular weight excluding hydrogens is 216 g/mol. The highest BCUT2D eigenvalue weighted by atomic mass is 16.4. The Hall–Kier alpha value is -0.610. The van der Waals surface area contributed by atoms with Crippen LogP contribution < -0.4 is 5.32 Å². The Bertz CT molecular complexity index is 250. The van der Waals surface area contributed by atoms with Crippen LogP contribution in [0.2, 0.25) is 0 Å². The van der Waals surface area contributed by atoms with Crippen molar-refractivity contribution in [1.29, 1.82) is 0 Å². The summed E-state index contributed by atoms with van der Waals surface area (Å²) in [5.74, 6) is -0.777. The zero-order valence-electron chi connectivity index (χ0n) is 11.3. The maximum absolute atomic E-state index is 11.2. The number of nitrogens with one attached hydrogen (secondary N) is 1. The van der Waals surface area contributed by atoms with Crippen LogP contribution in [0.25, 0.3) is 0 Å². The first kappa shape index (κ1) is 14.5. The van der Waals surface area contributed by atoms with Gasteiger partial charge in [0.15, 0.2) is 0 Å². The number of hydrogen-bond donors (Lipinski definition) is 2. The number of rotatable bonds is 5. The molecule has 4 nitrogen and oxygen atoms in total. The maximum Gasteiger partial charge on any atom is 0.324 e. The van der Waals surface area contributed by atoms with Crippen LogP contribution in [-0.2, 0) is 4.79 Å². The van der Waals surface area contributed by atoms with Crippen LogP contribution in [0.3, 0.4) is 0 Å². The minimum Gasteiger partial charge on any atom is -0.480 e. The van der Waals surface area contributed by atoms with Crippen molar-refractivity contribution in [3.05, 3.63) is 0 Å². The molecule has 0 aromatic rings. The number of aliphatic carboxylic acids is 1. The molecule has 1 fully saturated rings. The fourth-order valence-electron chi connectivity index (χ4n) is 2.58. The van der Waals surface area contributed by atoms with Crippen LogP contribution in [0.5, 0.6) is 0 Å². The van der Waals surface area contributed by atoms with Crippen molar-refractivity contribution >= 4 is 5.97 Å². The minimum absolute atomic E-state index is 0.546. The monoisotopic (exact) mass is 242 g/mol.